The van der Waals surface area contributed by atoms with Crippen LogP contribution < -0.4 is 5.32 Å². The molecule has 1 heterocycles. The van der Waals surface area contributed by atoms with Gasteiger partial charge in [0.25, 0.3) is 0 Å². The van der Waals surface area contributed by atoms with Gasteiger partial charge in [0.2, 0.25) is 5.91 Å². The Morgan fingerprint density at radius 2 is 1.87 bits per heavy atom. The molecule has 0 radical (unpaired) electrons. The lowest BCUT2D eigenvalue weighted by molar-refractivity contribution is -0.120. The summed E-state index contributed by atoms with van der Waals surface area (Å²) in [7, 11) is -3.73. The number of thiazole rings is 1. The number of hydrogen-bond donors (Lipinski definition) is 1. The molecule has 23 heavy (non-hydrogen) atoms. The number of nitrogens with one attached hydrogen (secondary N) is 1. The van der Waals surface area contributed by atoms with Crippen LogP contribution in [-0.4, -0.2) is 24.1 Å². The van der Waals surface area contributed by atoms with E-state index in [2.05, 4.69) is 10.3 Å². The summed E-state index contributed by atoms with van der Waals surface area (Å²) in [4.78, 5) is 17.9. The molecule has 1 fully saturated rings. The SMILES string of the molecule is Cc1ccc(S(=O)(=O)C2(C(=O)Nc3ncc(C)s3)CCC2)cc1. The molecule has 1 saturated carbocycles. The van der Waals surface area contributed by atoms with Crippen LogP contribution in [0.3, 0.4) is 0 Å². The predicted octanol–water partition coefficient (Wildman–Crippen LogP) is 3.10. The first kappa shape index (κ1) is 16.1. The lowest BCUT2D eigenvalue weighted by Gasteiger charge is -2.38. The molecule has 1 aromatic carbocycles. The zero-order chi connectivity index (χ0) is 16.7. The van der Waals surface area contributed by atoms with Gasteiger partial charge in [-0.3, -0.25) is 4.79 Å². The Kier molecular flexibility index (Phi) is 4.01. The molecule has 0 aliphatic heterocycles. The number of hydrogen-bond acceptors (Lipinski definition) is 5. The van der Waals surface area contributed by atoms with Gasteiger partial charge >= 0.3 is 0 Å². The zero-order valence-electron chi connectivity index (χ0n) is 13.0. The van der Waals surface area contributed by atoms with E-state index >= 15 is 0 Å². The highest BCUT2D eigenvalue weighted by Crippen LogP contribution is 2.43. The lowest BCUT2D eigenvalue weighted by Crippen LogP contribution is -2.54. The summed E-state index contributed by atoms with van der Waals surface area (Å²) in [6, 6.07) is 6.65. The Morgan fingerprint density at radius 3 is 2.35 bits per heavy atom. The Labute approximate surface area is 139 Å². The van der Waals surface area contributed by atoms with E-state index in [0.717, 1.165) is 16.9 Å². The highest BCUT2D eigenvalue weighted by molar-refractivity contribution is 7.93. The molecular formula is C16H18N2O3S2. The molecule has 0 atom stereocenters. The number of benzene rings is 1. The molecule has 2 aromatic rings. The monoisotopic (exact) mass is 350 g/mol. The summed E-state index contributed by atoms with van der Waals surface area (Å²) in [5, 5.41) is 3.12. The molecule has 0 bridgehead atoms. The quantitative estimate of drug-likeness (QED) is 0.919. The first-order chi connectivity index (χ1) is 10.8. The third kappa shape index (κ3) is 2.68. The number of carbonyl (C=O) groups excluding carboxylic acids is 1. The molecule has 122 valence electrons. The third-order valence-electron chi connectivity index (χ3n) is 4.26. The van der Waals surface area contributed by atoms with Gasteiger partial charge in [-0.1, -0.05) is 17.7 Å². The van der Waals surface area contributed by atoms with Crippen molar-refractivity contribution < 1.29 is 13.2 Å². The van der Waals surface area contributed by atoms with Crippen LogP contribution in [0.15, 0.2) is 35.4 Å². The summed E-state index contributed by atoms with van der Waals surface area (Å²) < 4.78 is 24.6. The predicted molar refractivity (Wildman–Crippen MR) is 90.4 cm³/mol. The van der Waals surface area contributed by atoms with Crippen molar-refractivity contribution in [1.82, 2.24) is 4.98 Å². The number of rotatable bonds is 4. The average Bonchev–Trinajstić information content (AvgIpc) is 2.82. The molecule has 1 aromatic heterocycles. The molecule has 5 nitrogen and oxygen atoms in total. The van der Waals surface area contributed by atoms with Crippen molar-refractivity contribution in [3.63, 3.8) is 0 Å². The second kappa shape index (κ2) is 5.72. The van der Waals surface area contributed by atoms with Crippen molar-refractivity contribution in [3.8, 4) is 0 Å². The highest BCUT2D eigenvalue weighted by Gasteiger charge is 2.55. The fourth-order valence-electron chi connectivity index (χ4n) is 2.68. The second-order valence-corrected chi connectivity index (χ2v) is 9.39. The number of nitrogens with zero attached hydrogens (tertiary/aromatic N) is 1. The van der Waals surface area contributed by atoms with Gasteiger partial charge in [0.05, 0.1) is 4.90 Å². The molecule has 3 rings (SSSR count). The number of carbonyl (C=O) groups is 1. The minimum absolute atomic E-state index is 0.202. The van der Waals surface area contributed by atoms with E-state index in [4.69, 9.17) is 0 Å². The van der Waals surface area contributed by atoms with E-state index < -0.39 is 20.5 Å². The van der Waals surface area contributed by atoms with E-state index in [0.29, 0.717) is 18.0 Å². The van der Waals surface area contributed by atoms with Crippen LogP contribution in [0.4, 0.5) is 5.13 Å². The van der Waals surface area contributed by atoms with Crippen molar-refractivity contribution in [2.24, 2.45) is 0 Å². The third-order valence-corrected chi connectivity index (χ3v) is 7.61. The Bertz CT molecular complexity index is 834. The summed E-state index contributed by atoms with van der Waals surface area (Å²) in [6.45, 7) is 3.78. The Hall–Kier alpha value is -1.73. The van der Waals surface area contributed by atoms with Gasteiger partial charge < -0.3 is 5.32 Å². The molecule has 0 spiro atoms. The lowest BCUT2D eigenvalue weighted by atomic mass is 9.83. The number of anilines is 1. The van der Waals surface area contributed by atoms with Gasteiger partial charge in [-0.05, 0) is 45.2 Å². The van der Waals surface area contributed by atoms with E-state index in [9.17, 15) is 13.2 Å². The number of aromatic nitrogens is 1. The van der Waals surface area contributed by atoms with E-state index in [-0.39, 0.29) is 4.90 Å². The Balaban J connectivity index is 1.93. The minimum Gasteiger partial charge on any atom is -0.301 e. The van der Waals surface area contributed by atoms with Gasteiger partial charge in [-0.25, -0.2) is 13.4 Å². The van der Waals surface area contributed by atoms with Crippen LogP contribution >= 0.6 is 11.3 Å². The topological polar surface area (TPSA) is 76.1 Å². The van der Waals surface area contributed by atoms with Crippen LogP contribution in [0.5, 0.6) is 0 Å². The summed E-state index contributed by atoms with van der Waals surface area (Å²) >= 11 is 1.34. The molecule has 1 N–H and O–H groups in total. The van der Waals surface area contributed by atoms with Gasteiger partial charge in [0.15, 0.2) is 19.7 Å². The second-order valence-electron chi connectivity index (χ2n) is 5.89. The minimum atomic E-state index is -3.73. The van der Waals surface area contributed by atoms with E-state index in [1.54, 1.807) is 30.5 Å². The van der Waals surface area contributed by atoms with Crippen LogP contribution in [0.2, 0.25) is 0 Å². The van der Waals surface area contributed by atoms with Crippen molar-refractivity contribution in [2.45, 2.75) is 42.8 Å². The zero-order valence-corrected chi connectivity index (χ0v) is 14.6. The Morgan fingerprint density at radius 1 is 1.22 bits per heavy atom. The van der Waals surface area contributed by atoms with Crippen molar-refractivity contribution >= 4 is 32.2 Å². The smallest absolute Gasteiger partial charge is 0.248 e. The first-order valence-corrected chi connectivity index (χ1v) is 9.70. The number of aryl methyl sites for hydroxylation is 2. The van der Waals surface area contributed by atoms with Gasteiger partial charge in [-0.2, -0.15) is 0 Å². The summed E-state index contributed by atoms with van der Waals surface area (Å²) in [6.07, 6.45) is 3.08. The first-order valence-electron chi connectivity index (χ1n) is 7.40. The molecule has 0 saturated heterocycles. The normalized spacial score (nSPS) is 16.6. The average molecular weight is 350 g/mol. The van der Waals surface area contributed by atoms with E-state index in [1.165, 1.54) is 11.3 Å². The fourth-order valence-corrected chi connectivity index (χ4v) is 5.41. The van der Waals surface area contributed by atoms with Crippen LogP contribution in [-0.2, 0) is 14.6 Å². The van der Waals surface area contributed by atoms with Gasteiger partial charge in [0.1, 0.15) is 0 Å². The maximum absolute atomic E-state index is 13.0. The largest absolute Gasteiger partial charge is 0.301 e. The highest BCUT2D eigenvalue weighted by atomic mass is 32.2. The molecule has 1 amide bonds. The van der Waals surface area contributed by atoms with Crippen LogP contribution in [0.1, 0.15) is 29.7 Å². The molecule has 7 heteroatoms. The van der Waals surface area contributed by atoms with Crippen molar-refractivity contribution in [2.75, 3.05) is 5.32 Å². The number of amides is 1. The van der Waals surface area contributed by atoms with Gasteiger partial charge in [0, 0.05) is 11.1 Å². The summed E-state index contributed by atoms with van der Waals surface area (Å²) in [5.41, 5.74) is 0.981. The fraction of sp³-hybridized carbons (Fsp3) is 0.375. The van der Waals surface area contributed by atoms with Crippen LogP contribution in [0.25, 0.3) is 0 Å². The molecular weight excluding hydrogens is 332 g/mol. The van der Waals surface area contributed by atoms with Crippen molar-refractivity contribution in [3.05, 3.63) is 40.9 Å². The maximum Gasteiger partial charge on any atom is 0.248 e. The molecule has 1 aliphatic rings. The van der Waals surface area contributed by atoms with Gasteiger partial charge in [-0.15, -0.1) is 11.3 Å². The molecule has 1 aliphatic carbocycles. The van der Waals surface area contributed by atoms with E-state index in [1.807, 2.05) is 13.8 Å². The maximum atomic E-state index is 13.0. The van der Waals surface area contributed by atoms with Crippen LogP contribution in [0, 0.1) is 13.8 Å². The number of sulfone groups is 1. The standard InChI is InChI=1S/C16H18N2O3S2/c1-11-4-6-13(7-5-11)23(20,21)16(8-3-9-16)14(19)18-15-17-10-12(2)22-15/h4-7,10H,3,8-9H2,1-2H3,(H,17,18,19). The van der Waals surface area contributed by atoms with Crippen molar-refractivity contribution in [1.29, 1.82) is 0 Å². The summed E-state index contributed by atoms with van der Waals surface area (Å²) in [5.74, 6) is -0.473. The molecule has 0 unspecified atom stereocenters.